The number of aryl methyl sites for hydroxylation is 1. The summed E-state index contributed by atoms with van der Waals surface area (Å²) in [6.45, 7) is 0. The van der Waals surface area contributed by atoms with Gasteiger partial charge in [-0.05, 0) is 24.8 Å². The highest BCUT2D eigenvalue weighted by Crippen LogP contribution is 2.20. The Morgan fingerprint density at radius 1 is 1.62 bits per heavy atom. The van der Waals surface area contributed by atoms with E-state index >= 15 is 0 Å². The molecule has 68 valence electrons. The van der Waals surface area contributed by atoms with Crippen LogP contribution >= 0.6 is 0 Å². The fourth-order valence-corrected chi connectivity index (χ4v) is 1.52. The molecule has 0 radical (unpaired) electrons. The Hall–Kier alpha value is -1.45. The first kappa shape index (κ1) is 8.16. The number of hydrogen-bond acceptors (Lipinski definition) is 3. The van der Waals surface area contributed by atoms with Gasteiger partial charge in [0.15, 0.2) is 5.82 Å². The molecule has 1 aromatic rings. The molecular weight excluding hydrogens is 166 g/mol. The third kappa shape index (κ3) is 1.39. The second-order valence-electron chi connectivity index (χ2n) is 3.16. The second-order valence-corrected chi connectivity index (χ2v) is 3.16. The molecule has 0 saturated heterocycles. The van der Waals surface area contributed by atoms with Crippen molar-refractivity contribution in [2.45, 2.75) is 19.3 Å². The lowest BCUT2D eigenvalue weighted by molar-refractivity contribution is 0.101. The summed E-state index contributed by atoms with van der Waals surface area (Å²) in [4.78, 5) is 15.7. The summed E-state index contributed by atoms with van der Waals surface area (Å²) in [5, 5.41) is 3.87. The van der Waals surface area contributed by atoms with Crippen molar-refractivity contribution in [2.75, 3.05) is 0 Å². The van der Waals surface area contributed by atoms with Gasteiger partial charge in [0.2, 0.25) is 5.78 Å². The first-order valence-corrected chi connectivity index (χ1v) is 4.37. The molecule has 0 bridgehead atoms. The Labute approximate surface area is 76.3 Å². The van der Waals surface area contributed by atoms with Crippen LogP contribution < -0.4 is 0 Å². The number of allylic oxidation sites excluding steroid dienone is 2. The molecular formula is C9H11N3O. The average molecular weight is 177 g/mol. The zero-order chi connectivity index (χ0) is 9.26. The number of hydrogen-bond donors (Lipinski definition) is 0. The molecule has 0 unspecified atom stereocenters. The summed E-state index contributed by atoms with van der Waals surface area (Å²) >= 11 is 0. The van der Waals surface area contributed by atoms with Gasteiger partial charge in [0.05, 0.1) is 0 Å². The number of aromatic nitrogens is 3. The van der Waals surface area contributed by atoms with Crippen LogP contribution in [0.5, 0.6) is 0 Å². The lowest BCUT2D eigenvalue weighted by Gasteiger charge is -1.99. The second kappa shape index (κ2) is 3.12. The van der Waals surface area contributed by atoms with Gasteiger partial charge in [-0.2, -0.15) is 5.10 Å². The molecule has 0 spiro atoms. The van der Waals surface area contributed by atoms with E-state index < -0.39 is 0 Å². The van der Waals surface area contributed by atoms with Crippen molar-refractivity contribution in [3.63, 3.8) is 0 Å². The molecule has 0 fully saturated rings. The van der Waals surface area contributed by atoms with Gasteiger partial charge in [0, 0.05) is 7.05 Å². The summed E-state index contributed by atoms with van der Waals surface area (Å²) in [6, 6.07) is 0. The fourth-order valence-electron chi connectivity index (χ4n) is 1.52. The van der Waals surface area contributed by atoms with Crippen LogP contribution in [-0.2, 0) is 7.05 Å². The van der Waals surface area contributed by atoms with E-state index in [2.05, 4.69) is 10.1 Å². The zero-order valence-electron chi connectivity index (χ0n) is 7.53. The maximum absolute atomic E-state index is 11.7. The highest BCUT2D eigenvalue weighted by atomic mass is 16.1. The number of carbonyl (C=O) groups is 1. The minimum Gasteiger partial charge on any atom is -0.285 e. The topological polar surface area (TPSA) is 47.8 Å². The third-order valence-corrected chi connectivity index (χ3v) is 2.25. The van der Waals surface area contributed by atoms with Crippen LogP contribution in [0.15, 0.2) is 18.0 Å². The molecule has 0 N–H and O–H groups in total. The summed E-state index contributed by atoms with van der Waals surface area (Å²) < 4.78 is 1.52. The van der Waals surface area contributed by atoms with E-state index in [1.54, 1.807) is 7.05 Å². The SMILES string of the molecule is Cn1ncnc1C(=O)C1=CCCC1. The standard InChI is InChI=1S/C9H11N3O/c1-12-9(10-6-11-12)8(13)7-4-2-3-5-7/h4,6H,2-3,5H2,1H3. The van der Waals surface area contributed by atoms with Gasteiger partial charge in [-0.1, -0.05) is 6.08 Å². The molecule has 0 aliphatic heterocycles. The van der Waals surface area contributed by atoms with Gasteiger partial charge in [-0.15, -0.1) is 0 Å². The molecule has 4 nitrogen and oxygen atoms in total. The van der Waals surface area contributed by atoms with Crippen molar-refractivity contribution >= 4 is 5.78 Å². The predicted octanol–water partition coefficient (Wildman–Crippen LogP) is 1.11. The van der Waals surface area contributed by atoms with Gasteiger partial charge in [0.1, 0.15) is 6.33 Å². The fraction of sp³-hybridized carbons (Fsp3) is 0.444. The van der Waals surface area contributed by atoms with Crippen LogP contribution in [0, 0.1) is 0 Å². The van der Waals surface area contributed by atoms with E-state index in [1.807, 2.05) is 6.08 Å². The first-order valence-electron chi connectivity index (χ1n) is 4.37. The van der Waals surface area contributed by atoms with Crippen LogP contribution in [-0.4, -0.2) is 20.5 Å². The molecule has 1 heterocycles. The van der Waals surface area contributed by atoms with E-state index in [0.29, 0.717) is 5.82 Å². The van der Waals surface area contributed by atoms with Crippen LogP contribution in [0.1, 0.15) is 29.9 Å². The van der Waals surface area contributed by atoms with E-state index in [0.717, 1.165) is 24.8 Å². The van der Waals surface area contributed by atoms with E-state index in [-0.39, 0.29) is 5.78 Å². The van der Waals surface area contributed by atoms with Crippen molar-refractivity contribution in [3.05, 3.63) is 23.8 Å². The minimum atomic E-state index is 0.0255. The predicted molar refractivity (Wildman–Crippen MR) is 47.3 cm³/mol. The minimum absolute atomic E-state index is 0.0255. The highest BCUT2D eigenvalue weighted by Gasteiger charge is 2.18. The van der Waals surface area contributed by atoms with Gasteiger partial charge < -0.3 is 0 Å². The largest absolute Gasteiger partial charge is 0.285 e. The quantitative estimate of drug-likeness (QED) is 0.636. The van der Waals surface area contributed by atoms with Gasteiger partial charge in [-0.3, -0.25) is 4.79 Å². The van der Waals surface area contributed by atoms with E-state index in [1.165, 1.54) is 11.0 Å². The lowest BCUT2D eigenvalue weighted by Crippen LogP contribution is -2.09. The average Bonchev–Trinajstić information content (AvgIpc) is 2.72. The molecule has 0 saturated carbocycles. The number of Topliss-reactive ketones (excluding diaryl/α,β-unsaturated/α-hetero) is 1. The Morgan fingerprint density at radius 3 is 3.00 bits per heavy atom. The van der Waals surface area contributed by atoms with Crippen LogP contribution in [0.25, 0.3) is 0 Å². The summed E-state index contributed by atoms with van der Waals surface area (Å²) in [6.07, 6.45) is 6.38. The number of carbonyl (C=O) groups excluding carboxylic acids is 1. The highest BCUT2D eigenvalue weighted by molar-refractivity contribution is 6.06. The molecule has 13 heavy (non-hydrogen) atoms. The van der Waals surface area contributed by atoms with Crippen LogP contribution in [0.4, 0.5) is 0 Å². The smallest absolute Gasteiger partial charge is 0.225 e. The Bertz CT molecular complexity index is 365. The summed E-state index contributed by atoms with van der Waals surface area (Å²) in [5.74, 6) is 0.464. The maximum Gasteiger partial charge on any atom is 0.225 e. The normalized spacial score (nSPS) is 15.9. The van der Waals surface area contributed by atoms with Gasteiger partial charge in [-0.25, -0.2) is 9.67 Å². The molecule has 4 heteroatoms. The van der Waals surface area contributed by atoms with Gasteiger partial charge in [0.25, 0.3) is 0 Å². The van der Waals surface area contributed by atoms with Crippen molar-refractivity contribution in [3.8, 4) is 0 Å². The molecule has 0 atom stereocenters. The Kier molecular flexibility index (Phi) is 1.96. The maximum atomic E-state index is 11.7. The molecule has 0 amide bonds. The number of rotatable bonds is 2. The Morgan fingerprint density at radius 2 is 2.46 bits per heavy atom. The Balaban J connectivity index is 2.27. The summed E-state index contributed by atoms with van der Waals surface area (Å²) in [5.41, 5.74) is 0.885. The molecule has 0 aromatic carbocycles. The van der Waals surface area contributed by atoms with Crippen molar-refractivity contribution < 1.29 is 4.79 Å². The number of ketones is 1. The van der Waals surface area contributed by atoms with Crippen molar-refractivity contribution in [1.82, 2.24) is 14.8 Å². The molecule has 1 aliphatic rings. The van der Waals surface area contributed by atoms with Crippen LogP contribution in [0.2, 0.25) is 0 Å². The van der Waals surface area contributed by atoms with Crippen molar-refractivity contribution in [1.29, 1.82) is 0 Å². The molecule has 1 aromatic heterocycles. The van der Waals surface area contributed by atoms with Crippen molar-refractivity contribution in [2.24, 2.45) is 7.05 Å². The monoisotopic (exact) mass is 177 g/mol. The van der Waals surface area contributed by atoms with Gasteiger partial charge >= 0.3 is 0 Å². The first-order chi connectivity index (χ1) is 6.29. The molecule has 2 rings (SSSR count). The lowest BCUT2D eigenvalue weighted by atomic mass is 10.1. The summed E-state index contributed by atoms with van der Waals surface area (Å²) in [7, 11) is 1.73. The van der Waals surface area contributed by atoms with E-state index in [4.69, 9.17) is 0 Å². The van der Waals surface area contributed by atoms with E-state index in [9.17, 15) is 4.79 Å². The zero-order valence-corrected chi connectivity index (χ0v) is 7.53. The third-order valence-electron chi connectivity index (χ3n) is 2.25. The number of nitrogens with zero attached hydrogens (tertiary/aromatic N) is 3. The van der Waals surface area contributed by atoms with Crippen LogP contribution in [0.3, 0.4) is 0 Å². The molecule has 1 aliphatic carbocycles.